The normalized spacial score (nSPS) is 10.3. The van der Waals surface area contributed by atoms with Crippen molar-refractivity contribution in [2.75, 3.05) is 12.4 Å². The van der Waals surface area contributed by atoms with E-state index in [0.29, 0.717) is 11.3 Å². The minimum absolute atomic E-state index is 0.0740. The van der Waals surface area contributed by atoms with E-state index in [0.717, 1.165) is 11.4 Å². The third kappa shape index (κ3) is 4.24. The van der Waals surface area contributed by atoms with Crippen LogP contribution in [0.1, 0.15) is 24.2 Å². The Morgan fingerprint density at radius 1 is 1.05 bits per heavy atom. The Balaban J connectivity index is 2.08. The number of hydrogen-bond donors (Lipinski definition) is 1. The van der Waals surface area contributed by atoms with Crippen LogP contribution in [0.15, 0.2) is 48.5 Å². The van der Waals surface area contributed by atoms with Gasteiger partial charge in [0.2, 0.25) is 0 Å². The van der Waals surface area contributed by atoms with Crippen LogP contribution in [0.3, 0.4) is 0 Å². The van der Waals surface area contributed by atoms with Crippen molar-refractivity contribution in [2.45, 2.75) is 20.0 Å². The number of benzene rings is 2. The third-order valence-corrected chi connectivity index (χ3v) is 2.82. The molecule has 0 bridgehead atoms. The first-order chi connectivity index (χ1) is 10.1. The Hall–Kier alpha value is -2.49. The Morgan fingerprint density at radius 3 is 2.38 bits per heavy atom. The predicted octanol–water partition coefficient (Wildman–Crippen LogP) is 3.73. The summed E-state index contributed by atoms with van der Waals surface area (Å²) >= 11 is 0. The molecule has 1 amide bonds. The molecule has 0 aliphatic carbocycles. The monoisotopic (exact) mass is 285 g/mol. The topological polar surface area (TPSA) is 47.6 Å². The number of methoxy groups -OCH3 is 1. The van der Waals surface area contributed by atoms with Crippen molar-refractivity contribution in [3.63, 3.8) is 0 Å². The molecule has 2 aromatic rings. The van der Waals surface area contributed by atoms with E-state index in [1.165, 1.54) is 0 Å². The highest BCUT2D eigenvalue weighted by Gasteiger charge is 2.08. The van der Waals surface area contributed by atoms with Gasteiger partial charge in [0.25, 0.3) is 5.91 Å². The van der Waals surface area contributed by atoms with Crippen molar-refractivity contribution in [3.05, 3.63) is 54.1 Å². The molecular formula is C17H19NO3. The fourth-order valence-corrected chi connectivity index (χ4v) is 1.86. The number of rotatable bonds is 5. The Morgan fingerprint density at radius 2 is 1.76 bits per heavy atom. The molecule has 21 heavy (non-hydrogen) atoms. The van der Waals surface area contributed by atoms with E-state index in [-0.39, 0.29) is 12.0 Å². The maximum atomic E-state index is 12.2. The van der Waals surface area contributed by atoms with Gasteiger partial charge in [-0.25, -0.2) is 0 Å². The number of ether oxygens (including phenoxy) is 2. The summed E-state index contributed by atoms with van der Waals surface area (Å²) in [5.41, 5.74) is 1.28. The number of amides is 1. The van der Waals surface area contributed by atoms with Gasteiger partial charge in [0.05, 0.1) is 13.2 Å². The van der Waals surface area contributed by atoms with Crippen LogP contribution >= 0.6 is 0 Å². The average molecular weight is 285 g/mol. The summed E-state index contributed by atoms with van der Waals surface area (Å²) in [6, 6.07) is 14.3. The lowest BCUT2D eigenvalue weighted by Gasteiger charge is -2.11. The molecule has 0 aromatic heterocycles. The summed E-state index contributed by atoms with van der Waals surface area (Å²) in [5.74, 6) is 1.27. The minimum atomic E-state index is -0.172. The van der Waals surface area contributed by atoms with E-state index in [4.69, 9.17) is 9.47 Å². The zero-order chi connectivity index (χ0) is 15.2. The zero-order valence-corrected chi connectivity index (χ0v) is 12.4. The summed E-state index contributed by atoms with van der Waals surface area (Å²) < 4.78 is 10.7. The van der Waals surface area contributed by atoms with E-state index in [2.05, 4.69) is 5.32 Å². The second kappa shape index (κ2) is 6.79. The lowest BCUT2D eigenvalue weighted by Crippen LogP contribution is -2.12. The van der Waals surface area contributed by atoms with Gasteiger partial charge in [-0.05, 0) is 56.3 Å². The number of carbonyl (C=O) groups is 1. The van der Waals surface area contributed by atoms with Crippen molar-refractivity contribution in [1.29, 1.82) is 0 Å². The summed E-state index contributed by atoms with van der Waals surface area (Å²) in [5, 5.41) is 2.84. The Labute approximate surface area is 124 Å². The quantitative estimate of drug-likeness (QED) is 0.910. The van der Waals surface area contributed by atoms with Crippen molar-refractivity contribution >= 4 is 11.6 Å². The molecule has 0 saturated carbocycles. The Kier molecular flexibility index (Phi) is 4.82. The molecule has 0 atom stereocenters. The van der Waals surface area contributed by atoms with Crippen LogP contribution in [-0.4, -0.2) is 19.1 Å². The van der Waals surface area contributed by atoms with Crippen molar-refractivity contribution in [1.82, 2.24) is 0 Å². The minimum Gasteiger partial charge on any atom is -0.497 e. The number of carbonyl (C=O) groups excluding carboxylic acids is 1. The average Bonchev–Trinajstić information content (AvgIpc) is 2.47. The molecule has 0 saturated heterocycles. The lowest BCUT2D eigenvalue weighted by molar-refractivity contribution is 0.102. The van der Waals surface area contributed by atoms with Crippen LogP contribution in [0.4, 0.5) is 5.69 Å². The van der Waals surface area contributed by atoms with Gasteiger partial charge in [0.15, 0.2) is 0 Å². The largest absolute Gasteiger partial charge is 0.497 e. The van der Waals surface area contributed by atoms with Crippen molar-refractivity contribution < 1.29 is 14.3 Å². The number of nitrogens with one attached hydrogen (secondary N) is 1. The van der Waals surface area contributed by atoms with Gasteiger partial charge >= 0.3 is 0 Å². The highest BCUT2D eigenvalue weighted by Crippen LogP contribution is 2.18. The predicted molar refractivity (Wildman–Crippen MR) is 83.2 cm³/mol. The van der Waals surface area contributed by atoms with Gasteiger partial charge in [0, 0.05) is 11.3 Å². The van der Waals surface area contributed by atoms with E-state index < -0.39 is 0 Å². The van der Waals surface area contributed by atoms with Gasteiger partial charge < -0.3 is 14.8 Å². The lowest BCUT2D eigenvalue weighted by atomic mass is 10.2. The second-order valence-corrected chi connectivity index (χ2v) is 4.88. The standard InChI is InChI=1S/C17H19NO3/c1-12(2)21-16-6-4-5-13(11-16)17(19)18-14-7-9-15(20-3)10-8-14/h4-12H,1-3H3,(H,18,19). The van der Waals surface area contributed by atoms with E-state index in [9.17, 15) is 4.79 Å². The molecule has 4 heteroatoms. The molecular weight excluding hydrogens is 266 g/mol. The molecule has 1 N–H and O–H groups in total. The molecule has 0 heterocycles. The zero-order valence-electron chi connectivity index (χ0n) is 12.4. The van der Waals surface area contributed by atoms with Crippen LogP contribution in [0, 0.1) is 0 Å². The van der Waals surface area contributed by atoms with Crippen LogP contribution in [0.25, 0.3) is 0 Å². The molecule has 0 aliphatic rings. The smallest absolute Gasteiger partial charge is 0.255 e. The number of anilines is 1. The summed E-state index contributed by atoms with van der Waals surface area (Å²) in [6.07, 6.45) is 0.0740. The van der Waals surface area contributed by atoms with Gasteiger partial charge in [-0.15, -0.1) is 0 Å². The first-order valence-corrected chi connectivity index (χ1v) is 6.80. The molecule has 0 unspecified atom stereocenters. The molecule has 0 aliphatic heterocycles. The maximum Gasteiger partial charge on any atom is 0.255 e. The van der Waals surface area contributed by atoms with E-state index in [1.807, 2.05) is 19.9 Å². The van der Waals surface area contributed by atoms with Gasteiger partial charge in [0.1, 0.15) is 11.5 Å². The summed E-state index contributed by atoms with van der Waals surface area (Å²) in [6.45, 7) is 3.90. The van der Waals surface area contributed by atoms with Gasteiger partial charge in [-0.2, -0.15) is 0 Å². The fourth-order valence-electron chi connectivity index (χ4n) is 1.86. The first kappa shape index (κ1) is 14.9. The fraction of sp³-hybridized carbons (Fsp3) is 0.235. The van der Waals surface area contributed by atoms with Crippen molar-refractivity contribution in [2.24, 2.45) is 0 Å². The molecule has 4 nitrogen and oxygen atoms in total. The first-order valence-electron chi connectivity index (χ1n) is 6.80. The van der Waals surface area contributed by atoms with Crippen LogP contribution < -0.4 is 14.8 Å². The highest BCUT2D eigenvalue weighted by molar-refractivity contribution is 6.04. The molecule has 0 fully saturated rings. The SMILES string of the molecule is COc1ccc(NC(=O)c2cccc(OC(C)C)c2)cc1. The maximum absolute atomic E-state index is 12.2. The molecule has 2 rings (SSSR count). The van der Waals surface area contributed by atoms with E-state index >= 15 is 0 Å². The Bertz CT molecular complexity index is 606. The van der Waals surface area contributed by atoms with Gasteiger partial charge in [-0.1, -0.05) is 6.07 Å². The molecule has 2 aromatic carbocycles. The summed E-state index contributed by atoms with van der Waals surface area (Å²) in [7, 11) is 1.60. The van der Waals surface area contributed by atoms with Crippen LogP contribution in [-0.2, 0) is 0 Å². The molecule has 110 valence electrons. The molecule has 0 radical (unpaired) electrons. The highest BCUT2D eigenvalue weighted by atomic mass is 16.5. The van der Waals surface area contributed by atoms with Crippen LogP contribution in [0.5, 0.6) is 11.5 Å². The van der Waals surface area contributed by atoms with Crippen LogP contribution in [0.2, 0.25) is 0 Å². The summed E-state index contributed by atoms with van der Waals surface area (Å²) in [4.78, 5) is 12.2. The molecule has 0 spiro atoms. The third-order valence-electron chi connectivity index (χ3n) is 2.82. The van der Waals surface area contributed by atoms with E-state index in [1.54, 1.807) is 49.6 Å². The van der Waals surface area contributed by atoms with Crippen molar-refractivity contribution in [3.8, 4) is 11.5 Å². The number of hydrogen-bond acceptors (Lipinski definition) is 3. The van der Waals surface area contributed by atoms with Gasteiger partial charge in [-0.3, -0.25) is 4.79 Å². The second-order valence-electron chi connectivity index (χ2n) is 4.88.